The van der Waals surface area contributed by atoms with Crippen molar-refractivity contribution in [2.45, 2.75) is 103 Å². The number of hydrogen-bond donors (Lipinski definition) is 2. The normalized spacial score (nSPS) is 11.2. The van der Waals surface area contributed by atoms with Gasteiger partial charge in [-0.25, -0.2) is 0 Å². The molecule has 2 N–H and O–H groups in total. The summed E-state index contributed by atoms with van der Waals surface area (Å²) in [5.74, 6) is 0. The Labute approximate surface area is 179 Å². The molecule has 1 aromatic rings. The summed E-state index contributed by atoms with van der Waals surface area (Å²) < 4.78 is 0. The monoisotopic (exact) mass is 401 g/mol. The summed E-state index contributed by atoms with van der Waals surface area (Å²) in [7, 11) is 3.44. The number of rotatable bonds is 21. The third kappa shape index (κ3) is 17.5. The molecule has 0 unspecified atom stereocenters. The zero-order valence-electron chi connectivity index (χ0n) is 18.3. The van der Waals surface area contributed by atoms with Gasteiger partial charge in [-0.05, 0) is 37.7 Å². The maximum Gasteiger partial charge on any atom is 0.0428 e. The van der Waals surface area contributed by atoms with E-state index in [4.69, 9.17) is 0 Å². The average Bonchev–Trinajstić information content (AvgIpc) is 2.73. The maximum absolute atomic E-state index is 3.55. The third-order valence-electron chi connectivity index (χ3n) is 5.50. The van der Waals surface area contributed by atoms with Crippen molar-refractivity contribution in [3.63, 3.8) is 0 Å². The summed E-state index contributed by atoms with van der Waals surface area (Å²) in [6, 6.07) is 10.7. The molecule has 3 heteroatoms. The molecule has 0 saturated heterocycles. The van der Waals surface area contributed by atoms with Crippen LogP contribution in [0.3, 0.4) is 0 Å². The van der Waals surface area contributed by atoms with Crippen molar-refractivity contribution in [1.82, 2.24) is 10.6 Å². The molecule has 2 nitrogen and oxygen atoms in total. The van der Waals surface area contributed by atoms with E-state index in [0.717, 1.165) is 25.8 Å². The van der Waals surface area contributed by atoms with Gasteiger partial charge in [-0.3, -0.25) is 0 Å². The van der Waals surface area contributed by atoms with Crippen LogP contribution in [0.1, 0.15) is 102 Å². The van der Waals surface area contributed by atoms with Crippen molar-refractivity contribution in [2.75, 3.05) is 19.3 Å². The van der Waals surface area contributed by atoms with Crippen LogP contribution in [-0.2, 0) is 6.54 Å². The molecule has 159 valence electrons. The Morgan fingerprint density at radius 2 is 0.893 bits per heavy atom. The molecule has 0 bridgehead atoms. The largest absolute Gasteiger partial charge is 0.320 e. The van der Waals surface area contributed by atoms with E-state index < -0.39 is 0 Å². The average molecular weight is 402 g/mol. The van der Waals surface area contributed by atoms with Gasteiger partial charge in [0.2, 0.25) is 0 Å². The van der Waals surface area contributed by atoms with E-state index in [1.165, 1.54) is 102 Å². The lowest BCUT2D eigenvalue weighted by Gasteiger charge is -2.05. The molecule has 0 fully saturated rings. The molecule has 28 heavy (non-hydrogen) atoms. The lowest BCUT2D eigenvalue weighted by Crippen LogP contribution is -2.16. The van der Waals surface area contributed by atoms with Gasteiger partial charge in [0, 0.05) is 16.8 Å². The fourth-order valence-corrected chi connectivity index (χ4v) is 3.89. The lowest BCUT2D eigenvalue weighted by atomic mass is 10.0. The van der Waals surface area contributed by atoms with Crippen LogP contribution < -0.4 is 10.6 Å². The highest BCUT2D eigenvalue weighted by Gasteiger charge is 1.95. The number of benzene rings is 1. The van der Waals surface area contributed by atoms with Gasteiger partial charge in [0.25, 0.3) is 0 Å². The van der Waals surface area contributed by atoms with Gasteiger partial charge >= 0.3 is 0 Å². The van der Waals surface area contributed by atoms with Crippen LogP contribution in [0, 0.1) is 0 Å². The number of hydrogen-bond acceptors (Lipinski definition) is 2. The smallest absolute Gasteiger partial charge is 0.0428 e. The Morgan fingerprint density at radius 3 is 1.32 bits per heavy atom. The summed E-state index contributed by atoms with van der Waals surface area (Å²) >= 11 is 0. The highest BCUT2D eigenvalue weighted by molar-refractivity contribution is 6.08. The minimum Gasteiger partial charge on any atom is -0.320 e. The zero-order chi connectivity index (χ0) is 20.0. The van der Waals surface area contributed by atoms with Crippen molar-refractivity contribution in [3.8, 4) is 0 Å². The first-order valence-corrected chi connectivity index (χ1v) is 12.7. The Balaban J connectivity index is 1.67. The highest BCUT2D eigenvalue weighted by atomic mass is 28.1. The van der Waals surface area contributed by atoms with Gasteiger partial charge in [-0.2, -0.15) is 0 Å². The van der Waals surface area contributed by atoms with Crippen LogP contribution in [0.15, 0.2) is 30.3 Å². The van der Waals surface area contributed by atoms with Crippen LogP contribution in [0.25, 0.3) is 0 Å². The molecule has 0 atom stereocenters. The second-order valence-electron chi connectivity index (χ2n) is 8.14. The summed E-state index contributed by atoms with van der Waals surface area (Å²) in [6.45, 7) is 3.33. The van der Waals surface area contributed by atoms with Gasteiger partial charge < -0.3 is 10.6 Å². The van der Waals surface area contributed by atoms with E-state index in [1.807, 2.05) is 0 Å². The molecule has 1 aromatic carbocycles. The van der Waals surface area contributed by atoms with Gasteiger partial charge in [-0.1, -0.05) is 114 Å². The lowest BCUT2D eigenvalue weighted by molar-refractivity contribution is 0.524. The summed E-state index contributed by atoms with van der Waals surface area (Å²) in [5, 5.41) is 6.87. The van der Waals surface area contributed by atoms with E-state index in [0.29, 0.717) is 0 Å². The molecule has 0 aromatic heterocycles. The predicted molar refractivity (Wildman–Crippen MR) is 126 cm³/mol. The number of unbranched alkanes of at least 4 members (excludes halogenated alkanes) is 14. The fourth-order valence-electron chi connectivity index (χ4n) is 3.72. The molecule has 3 radical (unpaired) electrons. The van der Waals surface area contributed by atoms with Crippen molar-refractivity contribution in [2.24, 2.45) is 0 Å². The van der Waals surface area contributed by atoms with E-state index >= 15 is 0 Å². The first kappa shape index (κ1) is 25.4. The maximum atomic E-state index is 3.55. The first-order chi connectivity index (χ1) is 13.9. The molecule has 1 rings (SSSR count). The molecule has 0 aliphatic carbocycles. The standard InChI is InChI=1S/C25H45N2Si/c28-24-27-22-18-13-11-9-7-5-3-1-2-4-6-8-10-12-17-21-26-23-25-19-15-14-16-20-25/h14-16,19-20,26-27H,1-13,17-18,21-24H2. The van der Waals surface area contributed by atoms with Crippen LogP contribution in [0.4, 0.5) is 0 Å². The second-order valence-corrected chi connectivity index (χ2v) is 8.50. The summed E-state index contributed by atoms with van der Waals surface area (Å²) in [6.07, 6.45) is 22.2. The molecule has 0 saturated carbocycles. The van der Waals surface area contributed by atoms with Crippen LogP contribution in [-0.4, -0.2) is 29.5 Å². The van der Waals surface area contributed by atoms with Crippen LogP contribution in [0.2, 0.25) is 0 Å². The Kier molecular flexibility index (Phi) is 19.1. The second kappa shape index (κ2) is 21.1. The van der Waals surface area contributed by atoms with Gasteiger partial charge in [0.1, 0.15) is 0 Å². The minimum atomic E-state index is 0.923. The molecule has 0 aliphatic heterocycles. The molecular formula is C25H45N2Si. The van der Waals surface area contributed by atoms with E-state index in [1.54, 1.807) is 0 Å². The molecule has 0 amide bonds. The van der Waals surface area contributed by atoms with Crippen LogP contribution >= 0.6 is 0 Å². The van der Waals surface area contributed by atoms with Crippen molar-refractivity contribution >= 4 is 10.2 Å². The molecule has 0 heterocycles. The summed E-state index contributed by atoms with van der Waals surface area (Å²) in [4.78, 5) is 0. The van der Waals surface area contributed by atoms with Crippen LogP contribution in [0.5, 0.6) is 0 Å². The first-order valence-electron chi connectivity index (χ1n) is 12.0. The molecule has 0 aliphatic rings. The van der Waals surface area contributed by atoms with Gasteiger partial charge in [0.05, 0.1) is 0 Å². The Bertz CT molecular complexity index is 410. The van der Waals surface area contributed by atoms with Crippen molar-refractivity contribution in [3.05, 3.63) is 35.9 Å². The zero-order valence-corrected chi connectivity index (χ0v) is 19.3. The predicted octanol–water partition coefficient (Wildman–Crippen LogP) is 6.34. The Morgan fingerprint density at radius 1 is 0.500 bits per heavy atom. The SMILES string of the molecule is [Si]CNCCCCCCCCCCCCCCCCCNCc1ccccc1. The van der Waals surface area contributed by atoms with E-state index in [2.05, 4.69) is 51.2 Å². The summed E-state index contributed by atoms with van der Waals surface area (Å²) in [5.41, 5.74) is 1.39. The fraction of sp³-hybridized carbons (Fsp3) is 0.760. The number of nitrogens with one attached hydrogen (secondary N) is 2. The topological polar surface area (TPSA) is 24.1 Å². The Hall–Kier alpha value is -0.643. The van der Waals surface area contributed by atoms with Gasteiger partial charge in [0.15, 0.2) is 0 Å². The third-order valence-corrected chi connectivity index (χ3v) is 5.75. The quantitative estimate of drug-likeness (QED) is 0.185. The minimum absolute atomic E-state index is 0.923. The van der Waals surface area contributed by atoms with E-state index in [9.17, 15) is 0 Å². The van der Waals surface area contributed by atoms with Crippen molar-refractivity contribution < 1.29 is 0 Å². The highest BCUT2D eigenvalue weighted by Crippen LogP contribution is 2.13. The van der Waals surface area contributed by atoms with Gasteiger partial charge in [-0.15, -0.1) is 0 Å². The molecule has 0 spiro atoms. The van der Waals surface area contributed by atoms with E-state index in [-0.39, 0.29) is 0 Å². The molecular weight excluding hydrogens is 356 g/mol. The van der Waals surface area contributed by atoms with Crippen molar-refractivity contribution in [1.29, 1.82) is 0 Å².